The fraction of sp³-hybridized carbons (Fsp3) is 0.833. The van der Waals surface area contributed by atoms with Crippen LogP contribution in [0, 0.1) is 5.92 Å². The van der Waals surface area contributed by atoms with Gasteiger partial charge in [-0.15, -0.1) is 0 Å². The van der Waals surface area contributed by atoms with Crippen LogP contribution in [0.2, 0.25) is 0 Å². The first kappa shape index (κ1) is 14.0. The highest BCUT2D eigenvalue weighted by atomic mass is 16.5. The average molecular weight is 242 g/mol. The van der Waals surface area contributed by atoms with Crippen molar-refractivity contribution in [1.82, 2.24) is 5.32 Å². The van der Waals surface area contributed by atoms with Crippen LogP contribution in [0.15, 0.2) is 0 Å². The number of primary amides is 1. The first-order valence-corrected chi connectivity index (χ1v) is 6.21. The Labute approximate surface area is 102 Å². The number of carbonyl (C=O) groups excluding carboxylic acids is 2. The molecular weight excluding hydrogens is 220 g/mol. The Morgan fingerprint density at radius 3 is 2.35 bits per heavy atom. The van der Waals surface area contributed by atoms with Gasteiger partial charge in [0, 0.05) is 12.0 Å². The monoisotopic (exact) mass is 242 g/mol. The van der Waals surface area contributed by atoms with Gasteiger partial charge in [0.15, 0.2) is 0 Å². The van der Waals surface area contributed by atoms with Gasteiger partial charge in [0.05, 0.1) is 7.11 Å². The summed E-state index contributed by atoms with van der Waals surface area (Å²) in [5.41, 5.74) is 5.28. The predicted octanol–water partition coefficient (Wildman–Crippen LogP) is 0.572. The van der Waals surface area contributed by atoms with Gasteiger partial charge >= 0.3 is 5.97 Å². The Morgan fingerprint density at radius 1 is 1.35 bits per heavy atom. The van der Waals surface area contributed by atoms with E-state index >= 15 is 0 Å². The fourth-order valence-corrected chi connectivity index (χ4v) is 2.32. The molecule has 1 aliphatic carbocycles. The number of hydrogen-bond acceptors (Lipinski definition) is 4. The van der Waals surface area contributed by atoms with Crippen LogP contribution in [-0.2, 0) is 14.3 Å². The molecule has 0 heterocycles. The van der Waals surface area contributed by atoms with Crippen molar-refractivity contribution in [3.8, 4) is 0 Å². The third-order valence-corrected chi connectivity index (χ3v) is 3.46. The van der Waals surface area contributed by atoms with E-state index in [9.17, 15) is 9.59 Å². The van der Waals surface area contributed by atoms with Crippen LogP contribution in [0.5, 0.6) is 0 Å². The third kappa shape index (κ3) is 4.00. The summed E-state index contributed by atoms with van der Waals surface area (Å²) in [5, 5.41) is 3.29. The van der Waals surface area contributed by atoms with E-state index in [0.717, 1.165) is 25.7 Å². The maximum Gasteiger partial charge on any atom is 0.322 e. The van der Waals surface area contributed by atoms with Crippen LogP contribution in [0.3, 0.4) is 0 Å². The zero-order chi connectivity index (χ0) is 12.8. The summed E-state index contributed by atoms with van der Waals surface area (Å²) in [4.78, 5) is 22.5. The van der Waals surface area contributed by atoms with Crippen LogP contribution in [0.25, 0.3) is 0 Å². The van der Waals surface area contributed by atoms with E-state index in [1.807, 2.05) is 6.92 Å². The minimum absolute atomic E-state index is 0.00579. The first-order valence-electron chi connectivity index (χ1n) is 6.21. The molecule has 1 rings (SSSR count). The van der Waals surface area contributed by atoms with Crippen LogP contribution < -0.4 is 11.1 Å². The molecule has 1 atom stereocenters. The van der Waals surface area contributed by atoms with Crippen LogP contribution in [-0.4, -0.2) is 31.1 Å². The molecule has 0 aromatic heterocycles. The number of nitrogens with one attached hydrogen (secondary N) is 1. The summed E-state index contributed by atoms with van der Waals surface area (Å²) in [6, 6.07) is 0.0461. The van der Waals surface area contributed by atoms with Crippen molar-refractivity contribution in [3.05, 3.63) is 0 Å². The van der Waals surface area contributed by atoms with Gasteiger partial charge < -0.3 is 15.8 Å². The molecule has 0 aromatic rings. The molecule has 17 heavy (non-hydrogen) atoms. The van der Waals surface area contributed by atoms with Crippen molar-refractivity contribution < 1.29 is 14.3 Å². The minimum Gasteiger partial charge on any atom is -0.468 e. The SMILES string of the molecule is CCC(NC1CCC(C(N)=O)CC1)C(=O)OC. The molecule has 98 valence electrons. The van der Waals surface area contributed by atoms with Crippen molar-refractivity contribution in [3.63, 3.8) is 0 Å². The molecule has 5 heteroatoms. The summed E-state index contributed by atoms with van der Waals surface area (Å²) < 4.78 is 4.73. The summed E-state index contributed by atoms with van der Waals surface area (Å²) in [6.07, 6.45) is 4.11. The fourth-order valence-electron chi connectivity index (χ4n) is 2.32. The van der Waals surface area contributed by atoms with Gasteiger partial charge in [0.1, 0.15) is 6.04 Å². The molecule has 0 saturated heterocycles. The summed E-state index contributed by atoms with van der Waals surface area (Å²) >= 11 is 0. The first-order chi connectivity index (χ1) is 8.08. The lowest BCUT2D eigenvalue weighted by molar-refractivity contribution is -0.143. The molecule has 1 unspecified atom stereocenters. The number of carbonyl (C=O) groups is 2. The maximum absolute atomic E-state index is 11.4. The van der Waals surface area contributed by atoms with Gasteiger partial charge in [-0.25, -0.2) is 0 Å². The number of esters is 1. The molecule has 5 nitrogen and oxygen atoms in total. The number of ether oxygens (including phenoxy) is 1. The smallest absolute Gasteiger partial charge is 0.322 e. The molecule has 1 aliphatic rings. The maximum atomic E-state index is 11.4. The van der Waals surface area contributed by atoms with Crippen molar-refractivity contribution in [1.29, 1.82) is 0 Å². The van der Waals surface area contributed by atoms with Gasteiger partial charge in [-0.1, -0.05) is 6.92 Å². The number of methoxy groups -OCH3 is 1. The molecule has 0 aliphatic heterocycles. The van der Waals surface area contributed by atoms with Gasteiger partial charge in [0.25, 0.3) is 0 Å². The van der Waals surface area contributed by atoms with E-state index in [1.165, 1.54) is 7.11 Å². The molecule has 1 saturated carbocycles. The Balaban J connectivity index is 2.38. The second-order valence-corrected chi connectivity index (χ2v) is 4.60. The lowest BCUT2D eigenvalue weighted by atomic mass is 9.85. The van der Waals surface area contributed by atoms with E-state index in [4.69, 9.17) is 10.5 Å². The van der Waals surface area contributed by atoms with Crippen LogP contribution >= 0.6 is 0 Å². The lowest BCUT2D eigenvalue weighted by Crippen LogP contribution is -2.45. The Bertz CT molecular complexity index is 273. The molecule has 3 N–H and O–H groups in total. The van der Waals surface area contributed by atoms with Gasteiger partial charge in [-0.3, -0.25) is 9.59 Å². The number of rotatable bonds is 5. The third-order valence-electron chi connectivity index (χ3n) is 3.46. The Kier molecular flexibility index (Phi) is 5.41. The Hall–Kier alpha value is -1.10. The second kappa shape index (κ2) is 6.59. The van der Waals surface area contributed by atoms with Crippen molar-refractivity contribution in [2.45, 2.75) is 51.1 Å². The van der Waals surface area contributed by atoms with E-state index in [1.54, 1.807) is 0 Å². The highest BCUT2D eigenvalue weighted by Crippen LogP contribution is 2.24. The van der Waals surface area contributed by atoms with E-state index in [0.29, 0.717) is 6.42 Å². The molecule has 1 fully saturated rings. The highest BCUT2D eigenvalue weighted by Gasteiger charge is 2.27. The Morgan fingerprint density at radius 2 is 1.94 bits per heavy atom. The molecular formula is C12H22N2O3. The van der Waals surface area contributed by atoms with Gasteiger partial charge in [0.2, 0.25) is 5.91 Å². The highest BCUT2D eigenvalue weighted by molar-refractivity contribution is 5.77. The summed E-state index contributed by atoms with van der Waals surface area (Å²) in [7, 11) is 1.40. The predicted molar refractivity (Wildman–Crippen MR) is 64.2 cm³/mol. The van der Waals surface area contributed by atoms with Gasteiger partial charge in [-0.2, -0.15) is 0 Å². The quantitative estimate of drug-likeness (QED) is 0.691. The molecule has 0 aromatic carbocycles. The zero-order valence-electron chi connectivity index (χ0n) is 10.6. The summed E-state index contributed by atoms with van der Waals surface area (Å²) in [6.45, 7) is 1.95. The van der Waals surface area contributed by atoms with Gasteiger partial charge in [-0.05, 0) is 32.1 Å². The van der Waals surface area contributed by atoms with E-state index in [-0.39, 0.29) is 29.9 Å². The molecule has 0 spiro atoms. The second-order valence-electron chi connectivity index (χ2n) is 4.60. The topological polar surface area (TPSA) is 81.4 Å². The van der Waals surface area contributed by atoms with Crippen molar-refractivity contribution >= 4 is 11.9 Å². The average Bonchev–Trinajstić information content (AvgIpc) is 2.35. The molecule has 0 radical (unpaired) electrons. The molecule has 1 amide bonds. The van der Waals surface area contributed by atoms with Crippen molar-refractivity contribution in [2.24, 2.45) is 11.7 Å². The standard InChI is InChI=1S/C12H22N2O3/c1-3-10(12(16)17-2)14-9-6-4-8(5-7-9)11(13)15/h8-10,14H,3-7H2,1-2H3,(H2,13,15). The van der Waals surface area contributed by atoms with E-state index < -0.39 is 0 Å². The zero-order valence-corrected chi connectivity index (χ0v) is 10.6. The van der Waals surface area contributed by atoms with Crippen LogP contribution in [0.4, 0.5) is 0 Å². The summed E-state index contributed by atoms with van der Waals surface area (Å²) in [5.74, 6) is -0.417. The number of amides is 1. The minimum atomic E-state index is -0.241. The number of nitrogens with two attached hydrogens (primary N) is 1. The van der Waals surface area contributed by atoms with Crippen LogP contribution in [0.1, 0.15) is 39.0 Å². The lowest BCUT2D eigenvalue weighted by Gasteiger charge is -2.29. The normalized spacial score (nSPS) is 26.2. The van der Waals surface area contributed by atoms with E-state index in [2.05, 4.69) is 5.32 Å². The molecule has 0 bridgehead atoms. The van der Waals surface area contributed by atoms with Crippen molar-refractivity contribution in [2.75, 3.05) is 7.11 Å². The largest absolute Gasteiger partial charge is 0.468 e. The number of hydrogen-bond donors (Lipinski definition) is 2.